The van der Waals surface area contributed by atoms with E-state index in [1.807, 2.05) is 43.3 Å². The largest absolute Gasteiger partial charge is 0.341 e. The molecule has 4 heteroatoms. The lowest BCUT2D eigenvalue weighted by molar-refractivity contribution is 1.26. The normalized spacial score (nSPS) is 10.8. The van der Waals surface area contributed by atoms with Gasteiger partial charge in [0.2, 0.25) is 0 Å². The van der Waals surface area contributed by atoms with E-state index in [-0.39, 0.29) is 0 Å². The van der Waals surface area contributed by atoms with Crippen molar-refractivity contribution >= 4 is 23.2 Å². The number of aromatic nitrogens is 2. The molecule has 0 aliphatic carbocycles. The third kappa shape index (κ3) is 2.45. The SMILES string of the molecule is Cc1[nH]c(-c2cc(Cl)ccc2Cl)nc1-c1ccccc1. The van der Waals surface area contributed by atoms with Crippen molar-refractivity contribution in [1.29, 1.82) is 0 Å². The predicted octanol–water partition coefficient (Wildman–Crippen LogP) is 5.36. The Morgan fingerprint density at radius 2 is 1.75 bits per heavy atom. The quantitative estimate of drug-likeness (QED) is 0.678. The molecule has 1 N–H and O–H groups in total. The van der Waals surface area contributed by atoms with Gasteiger partial charge in [-0.2, -0.15) is 0 Å². The topological polar surface area (TPSA) is 28.7 Å². The zero-order valence-corrected chi connectivity index (χ0v) is 12.3. The van der Waals surface area contributed by atoms with Gasteiger partial charge in [-0.25, -0.2) is 4.98 Å². The Labute approximate surface area is 127 Å². The van der Waals surface area contributed by atoms with E-state index < -0.39 is 0 Å². The Morgan fingerprint density at radius 1 is 1.00 bits per heavy atom. The molecule has 0 bridgehead atoms. The molecule has 0 atom stereocenters. The summed E-state index contributed by atoms with van der Waals surface area (Å²) in [6, 6.07) is 15.4. The van der Waals surface area contributed by atoms with Gasteiger partial charge in [-0.15, -0.1) is 0 Å². The fourth-order valence-electron chi connectivity index (χ4n) is 2.14. The Hall–Kier alpha value is -1.77. The van der Waals surface area contributed by atoms with Gasteiger partial charge in [0.15, 0.2) is 0 Å². The Kier molecular flexibility index (Phi) is 3.51. The van der Waals surface area contributed by atoms with Crippen LogP contribution in [0.3, 0.4) is 0 Å². The second-order valence-electron chi connectivity index (χ2n) is 4.55. The Bertz CT molecular complexity index is 748. The molecule has 0 fully saturated rings. The first-order valence-electron chi connectivity index (χ1n) is 6.22. The summed E-state index contributed by atoms with van der Waals surface area (Å²) < 4.78 is 0. The van der Waals surface area contributed by atoms with E-state index in [1.165, 1.54) is 0 Å². The molecular weight excluding hydrogens is 291 g/mol. The fourth-order valence-corrected chi connectivity index (χ4v) is 2.52. The highest BCUT2D eigenvalue weighted by molar-refractivity contribution is 6.35. The minimum Gasteiger partial charge on any atom is -0.341 e. The Morgan fingerprint density at radius 3 is 2.50 bits per heavy atom. The van der Waals surface area contributed by atoms with Crippen LogP contribution in [0.15, 0.2) is 48.5 Å². The molecule has 2 aromatic carbocycles. The molecule has 0 amide bonds. The third-order valence-electron chi connectivity index (χ3n) is 3.12. The number of hydrogen-bond donors (Lipinski definition) is 1. The molecule has 1 aromatic heterocycles. The number of benzene rings is 2. The van der Waals surface area contributed by atoms with E-state index in [2.05, 4.69) is 9.97 Å². The summed E-state index contributed by atoms with van der Waals surface area (Å²) in [7, 11) is 0. The lowest BCUT2D eigenvalue weighted by Crippen LogP contribution is -1.83. The summed E-state index contributed by atoms with van der Waals surface area (Å²) in [5.74, 6) is 0.730. The average molecular weight is 303 g/mol. The van der Waals surface area contributed by atoms with Crippen molar-refractivity contribution < 1.29 is 0 Å². The molecule has 100 valence electrons. The van der Waals surface area contributed by atoms with Crippen LogP contribution in [0, 0.1) is 6.92 Å². The molecular formula is C16H12Cl2N2. The van der Waals surface area contributed by atoms with Gasteiger partial charge in [-0.1, -0.05) is 53.5 Å². The number of rotatable bonds is 2. The predicted molar refractivity (Wildman–Crippen MR) is 84.2 cm³/mol. The number of aryl methyl sites for hydroxylation is 1. The van der Waals surface area contributed by atoms with Crippen LogP contribution in [0.5, 0.6) is 0 Å². The maximum Gasteiger partial charge on any atom is 0.139 e. The Balaban J connectivity index is 2.11. The maximum absolute atomic E-state index is 6.22. The summed E-state index contributed by atoms with van der Waals surface area (Å²) in [4.78, 5) is 7.93. The maximum atomic E-state index is 6.22. The van der Waals surface area contributed by atoms with E-state index in [0.717, 1.165) is 28.3 Å². The lowest BCUT2D eigenvalue weighted by Gasteiger charge is -2.01. The second kappa shape index (κ2) is 5.31. The van der Waals surface area contributed by atoms with Gasteiger partial charge in [0.05, 0.1) is 10.7 Å². The minimum atomic E-state index is 0.628. The van der Waals surface area contributed by atoms with Gasteiger partial charge in [0, 0.05) is 21.8 Å². The van der Waals surface area contributed by atoms with Crippen LogP contribution in [-0.2, 0) is 0 Å². The first-order valence-corrected chi connectivity index (χ1v) is 6.98. The average Bonchev–Trinajstić information content (AvgIpc) is 2.84. The number of nitrogens with one attached hydrogen (secondary N) is 1. The van der Waals surface area contributed by atoms with Crippen LogP contribution >= 0.6 is 23.2 Å². The standard InChI is InChI=1S/C16H12Cl2N2/c1-10-15(11-5-3-2-4-6-11)20-16(19-10)13-9-12(17)7-8-14(13)18/h2-9H,1H3,(H,19,20). The summed E-state index contributed by atoms with van der Waals surface area (Å²) >= 11 is 12.2. The van der Waals surface area contributed by atoms with Gasteiger partial charge in [0.25, 0.3) is 0 Å². The summed E-state index contributed by atoms with van der Waals surface area (Å²) in [5.41, 5.74) is 3.81. The summed E-state index contributed by atoms with van der Waals surface area (Å²) in [5, 5.41) is 1.27. The van der Waals surface area contributed by atoms with Gasteiger partial charge in [-0.05, 0) is 25.1 Å². The third-order valence-corrected chi connectivity index (χ3v) is 3.68. The highest BCUT2D eigenvalue weighted by atomic mass is 35.5. The van der Waals surface area contributed by atoms with E-state index in [9.17, 15) is 0 Å². The van der Waals surface area contributed by atoms with Crippen molar-refractivity contribution in [2.24, 2.45) is 0 Å². The van der Waals surface area contributed by atoms with E-state index in [4.69, 9.17) is 23.2 Å². The molecule has 0 aliphatic heterocycles. The van der Waals surface area contributed by atoms with E-state index in [0.29, 0.717) is 10.0 Å². The molecule has 1 heterocycles. The van der Waals surface area contributed by atoms with Crippen LogP contribution in [0.2, 0.25) is 10.0 Å². The highest BCUT2D eigenvalue weighted by Crippen LogP contribution is 2.31. The zero-order valence-electron chi connectivity index (χ0n) is 10.8. The number of imidazole rings is 1. The molecule has 2 nitrogen and oxygen atoms in total. The minimum absolute atomic E-state index is 0.628. The van der Waals surface area contributed by atoms with Crippen molar-refractivity contribution in [2.75, 3.05) is 0 Å². The van der Waals surface area contributed by atoms with E-state index in [1.54, 1.807) is 12.1 Å². The molecule has 3 aromatic rings. The van der Waals surface area contributed by atoms with Crippen molar-refractivity contribution in [3.63, 3.8) is 0 Å². The molecule has 0 spiro atoms. The summed E-state index contributed by atoms with van der Waals surface area (Å²) in [6.07, 6.45) is 0. The van der Waals surface area contributed by atoms with Crippen molar-refractivity contribution in [2.45, 2.75) is 6.92 Å². The number of hydrogen-bond acceptors (Lipinski definition) is 1. The molecule has 0 saturated carbocycles. The number of halogens is 2. The first-order chi connectivity index (χ1) is 9.65. The fraction of sp³-hybridized carbons (Fsp3) is 0.0625. The van der Waals surface area contributed by atoms with Crippen molar-refractivity contribution in [3.05, 3.63) is 64.3 Å². The lowest BCUT2D eigenvalue weighted by atomic mass is 10.1. The van der Waals surface area contributed by atoms with Crippen LogP contribution in [0.25, 0.3) is 22.6 Å². The van der Waals surface area contributed by atoms with Gasteiger partial charge < -0.3 is 4.98 Å². The van der Waals surface area contributed by atoms with Crippen molar-refractivity contribution in [3.8, 4) is 22.6 Å². The number of H-pyrrole nitrogens is 1. The van der Waals surface area contributed by atoms with Crippen LogP contribution in [0.1, 0.15) is 5.69 Å². The number of aromatic amines is 1. The first kappa shape index (κ1) is 13.2. The highest BCUT2D eigenvalue weighted by Gasteiger charge is 2.12. The zero-order chi connectivity index (χ0) is 14.1. The van der Waals surface area contributed by atoms with E-state index >= 15 is 0 Å². The number of nitrogens with zero attached hydrogens (tertiary/aromatic N) is 1. The molecule has 20 heavy (non-hydrogen) atoms. The van der Waals surface area contributed by atoms with Gasteiger partial charge in [0.1, 0.15) is 5.82 Å². The molecule has 0 radical (unpaired) electrons. The van der Waals surface area contributed by atoms with Crippen LogP contribution in [0.4, 0.5) is 0 Å². The van der Waals surface area contributed by atoms with Crippen LogP contribution < -0.4 is 0 Å². The molecule has 3 rings (SSSR count). The van der Waals surface area contributed by atoms with Crippen molar-refractivity contribution in [1.82, 2.24) is 9.97 Å². The molecule has 0 aliphatic rings. The van der Waals surface area contributed by atoms with Gasteiger partial charge >= 0.3 is 0 Å². The smallest absolute Gasteiger partial charge is 0.139 e. The van der Waals surface area contributed by atoms with Gasteiger partial charge in [-0.3, -0.25) is 0 Å². The molecule has 0 unspecified atom stereocenters. The monoisotopic (exact) mass is 302 g/mol. The summed E-state index contributed by atoms with van der Waals surface area (Å²) in [6.45, 7) is 2.00. The van der Waals surface area contributed by atoms with Crippen LogP contribution in [-0.4, -0.2) is 9.97 Å². The second-order valence-corrected chi connectivity index (χ2v) is 5.39. The molecule has 0 saturated heterocycles.